The van der Waals surface area contributed by atoms with Crippen molar-refractivity contribution in [2.24, 2.45) is 7.05 Å². The van der Waals surface area contributed by atoms with Crippen molar-refractivity contribution in [3.8, 4) is 5.88 Å². The number of fused-ring (bicyclic) bond motifs is 2. The molecule has 2 aromatic rings. The average molecular weight is 391 g/mol. The number of piperidine rings is 1. The lowest BCUT2D eigenvalue weighted by Crippen LogP contribution is -2.49. The van der Waals surface area contributed by atoms with Gasteiger partial charge in [0.2, 0.25) is 5.88 Å². The first-order chi connectivity index (χ1) is 12.9. The van der Waals surface area contributed by atoms with E-state index in [0.717, 1.165) is 18.7 Å². The van der Waals surface area contributed by atoms with E-state index in [2.05, 4.69) is 9.97 Å². The molecule has 146 valence electrons. The van der Waals surface area contributed by atoms with Gasteiger partial charge in [-0.05, 0) is 18.9 Å². The maximum absolute atomic E-state index is 13.3. The molecule has 0 amide bonds. The molecule has 0 spiro atoms. The Bertz CT molecular complexity index is 896. The third kappa shape index (κ3) is 3.36. The number of imidazole rings is 1. The van der Waals surface area contributed by atoms with E-state index in [1.807, 2.05) is 43.7 Å². The first-order valence-corrected chi connectivity index (χ1v) is 10.9. The molecular weight excluding hydrogens is 364 g/mol. The summed E-state index contributed by atoms with van der Waals surface area (Å²) >= 11 is 0. The van der Waals surface area contributed by atoms with Crippen LogP contribution in [0.1, 0.15) is 51.3 Å². The molecule has 0 N–H and O–H groups in total. The van der Waals surface area contributed by atoms with Gasteiger partial charge in [-0.25, -0.2) is 18.4 Å². The predicted molar refractivity (Wildman–Crippen MR) is 101 cm³/mol. The van der Waals surface area contributed by atoms with Gasteiger partial charge in [-0.2, -0.15) is 4.31 Å². The monoisotopic (exact) mass is 390 g/mol. The summed E-state index contributed by atoms with van der Waals surface area (Å²) in [6.45, 7) is 4.03. The van der Waals surface area contributed by atoms with Gasteiger partial charge < -0.3 is 9.30 Å². The number of pyridine rings is 1. The number of hydrogen-bond acceptors (Lipinski definition) is 5. The molecule has 27 heavy (non-hydrogen) atoms. The lowest BCUT2D eigenvalue weighted by atomic mass is 10.0. The number of hydrogen-bond donors (Lipinski definition) is 0. The highest BCUT2D eigenvalue weighted by Gasteiger charge is 2.48. The van der Waals surface area contributed by atoms with Crippen LogP contribution in [0.4, 0.5) is 0 Å². The van der Waals surface area contributed by atoms with Crippen LogP contribution >= 0.6 is 0 Å². The Morgan fingerprint density at radius 2 is 1.89 bits per heavy atom. The largest absolute Gasteiger partial charge is 0.474 e. The van der Waals surface area contributed by atoms with Crippen molar-refractivity contribution in [3.05, 3.63) is 36.4 Å². The zero-order chi connectivity index (χ0) is 19.2. The van der Waals surface area contributed by atoms with E-state index in [-0.39, 0.29) is 29.1 Å². The highest BCUT2D eigenvalue weighted by molar-refractivity contribution is 7.89. The second-order valence-electron chi connectivity index (χ2n) is 7.80. The molecule has 0 saturated carbocycles. The van der Waals surface area contributed by atoms with Crippen LogP contribution in [0.3, 0.4) is 0 Å². The molecule has 2 bridgehead atoms. The van der Waals surface area contributed by atoms with Gasteiger partial charge in [0, 0.05) is 56.4 Å². The molecule has 8 heteroatoms. The lowest BCUT2D eigenvalue weighted by molar-refractivity contribution is 0.0917. The molecule has 2 saturated heterocycles. The van der Waals surface area contributed by atoms with Crippen LogP contribution in [0.5, 0.6) is 5.88 Å². The smallest absolute Gasteiger partial charge is 0.262 e. The Hall–Kier alpha value is -1.93. The first-order valence-electron chi connectivity index (χ1n) is 9.50. The van der Waals surface area contributed by atoms with Gasteiger partial charge in [0.1, 0.15) is 11.9 Å². The highest BCUT2D eigenvalue weighted by Crippen LogP contribution is 2.40. The van der Waals surface area contributed by atoms with Crippen LogP contribution in [-0.4, -0.2) is 45.4 Å². The second kappa shape index (κ2) is 6.91. The molecule has 2 atom stereocenters. The Balaban J connectivity index is 1.54. The number of sulfonamides is 1. The predicted octanol–water partition coefficient (Wildman–Crippen LogP) is 2.70. The van der Waals surface area contributed by atoms with Gasteiger partial charge in [0.15, 0.2) is 5.03 Å². The molecule has 2 fully saturated rings. The van der Waals surface area contributed by atoms with Crippen molar-refractivity contribution in [2.45, 2.75) is 68.7 Å². The van der Waals surface area contributed by atoms with Crippen LogP contribution in [0.2, 0.25) is 0 Å². The standard InChI is InChI=1S/C19H26N4O3S/c1-13(2)19-21-18(12-22(19)3)27(24,25)23-14-7-8-15(23)11-16(10-14)26-17-6-4-5-9-20-17/h4-6,9,12-16H,7-8,10-11H2,1-3H3. The molecule has 2 unspecified atom stereocenters. The summed E-state index contributed by atoms with van der Waals surface area (Å²) in [6, 6.07) is 5.51. The minimum Gasteiger partial charge on any atom is -0.474 e. The first kappa shape index (κ1) is 18.4. The minimum atomic E-state index is -3.60. The fourth-order valence-corrected chi connectivity index (χ4v) is 6.27. The molecular formula is C19H26N4O3S. The maximum Gasteiger partial charge on any atom is 0.262 e. The van der Waals surface area contributed by atoms with E-state index in [1.54, 1.807) is 16.7 Å². The topological polar surface area (TPSA) is 77.3 Å². The summed E-state index contributed by atoms with van der Waals surface area (Å²) < 4.78 is 36.1. The molecule has 2 aromatic heterocycles. The number of nitrogens with zero attached hydrogens (tertiary/aromatic N) is 4. The number of rotatable bonds is 5. The molecule has 2 aliphatic rings. The fourth-order valence-electron chi connectivity index (χ4n) is 4.38. The molecule has 7 nitrogen and oxygen atoms in total. The van der Waals surface area contributed by atoms with E-state index in [4.69, 9.17) is 4.74 Å². The SMILES string of the molecule is CC(C)c1nc(S(=O)(=O)N2C3CCC2CC(Oc2ccccn2)C3)cn1C. The summed E-state index contributed by atoms with van der Waals surface area (Å²) in [5.74, 6) is 1.56. The van der Waals surface area contributed by atoms with Crippen molar-refractivity contribution in [3.63, 3.8) is 0 Å². The van der Waals surface area contributed by atoms with Gasteiger partial charge in [-0.3, -0.25) is 0 Å². The lowest BCUT2D eigenvalue weighted by Gasteiger charge is -2.37. The molecule has 0 aromatic carbocycles. The van der Waals surface area contributed by atoms with Crippen molar-refractivity contribution >= 4 is 10.0 Å². The summed E-state index contributed by atoms with van der Waals surface area (Å²) in [7, 11) is -1.75. The zero-order valence-electron chi connectivity index (χ0n) is 15.9. The van der Waals surface area contributed by atoms with Gasteiger partial charge in [-0.15, -0.1) is 0 Å². The van der Waals surface area contributed by atoms with Crippen LogP contribution < -0.4 is 4.74 Å². The van der Waals surface area contributed by atoms with Crippen LogP contribution in [0, 0.1) is 0 Å². The summed E-state index contributed by atoms with van der Waals surface area (Å²) in [5, 5.41) is 0.162. The van der Waals surface area contributed by atoms with E-state index in [9.17, 15) is 8.42 Å². The van der Waals surface area contributed by atoms with E-state index < -0.39 is 10.0 Å². The van der Waals surface area contributed by atoms with Crippen molar-refractivity contribution in [2.75, 3.05) is 0 Å². The third-order valence-corrected chi connectivity index (χ3v) is 7.37. The van der Waals surface area contributed by atoms with Crippen LogP contribution in [-0.2, 0) is 17.1 Å². The number of ether oxygens (including phenoxy) is 1. The quantitative estimate of drug-likeness (QED) is 0.784. The Morgan fingerprint density at radius 1 is 1.19 bits per heavy atom. The minimum absolute atomic E-state index is 0.00110. The third-order valence-electron chi connectivity index (χ3n) is 5.50. The summed E-state index contributed by atoms with van der Waals surface area (Å²) in [6.07, 6.45) is 6.47. The summed E-state index contributed by atoms with van der Waals surface area (Å²) in [4.78, 5) is 8.65. The molecule has 4 heterocycles. The number of aromatic nitrogens is 3. The zero-order valence-corrected chi connectivity index (χ0v) is 16.8. The molecule has 4 rings (SSSR count). The van der Waals surface area contributed by atoms with E-state index in [1.165, 1.54) is 0 Å². The number of aryl methyl sites for hydroxylation is 1. The molecule has 0 radical (unpaired) electrons. The second-order valence-corrected chi connectivity index (χ2v) is 9.59. The van der Waals surface area contributed by atoms with Crippen LogP contribution in [0.25, 0.3) is 0 Å². The van der Waals surface area contributed by atoms with Gasteiger partial charge in [0.05, 0.1) is 0 Å². The van der Waals surface area contributed by atoms with Crippen molar-refractivity contribution in [1.29, 1.82) is 0 Å². The van der Waals surface area contributed by atoms with Crippen molar-refractivity contribution in [1.82, 2.24) is 18.8 Å². The highest BCUT2D eigenvalue weighted by atomic mass is 32.2. The molecule has 0 aliphatic carbocycles. The average Bonchev–Trinajstić information content (AvgIpc) is 3.15. The maximum atomic E-state index is 13.3. The fraction of sp³-hybridized carbons (Fsp3) is 0.579. The van der Waals surface area contributed by atoms with E-state index >= 15 is 0 Å². The van der Waals surface area contributed by atoms with Gasteiger partial charge in [0.25, 0.3) is 10.0 Å². The van der Waals surface area contributed by atoms with Gasteiger partial charge in [-0.1, -0.05) is 19.9 Å². The molecule has 2 aliphatic heterocycles. The van der Waals surface area contributed by atoms with E-state index in [0.29, 0.717) is 18.7 Å². The van der Waals surface area contributed by atoms with Crippen molar-refractivity contribution < 1.29 is 13.2 Å². The Kier molecular flexibility index (Phi) is 4.71. The normalized spacial score (nSPS) is 25.9. The Morgan fingerprint density at radius 3 is 2.44 bits per heavy atom. The summed E-state index contributed by atoms with van der Waals surface area (Å²) in [5.41, 5.74) is 0. The van der Waals surface area contributed by atoms with Gasteiger partial charge >= 0.3 is 0 Å². The Labute approximate surface area is 160 Å². The van der Waals surface area contributed by atoms with Crippen LogP contribution in [0.15, 0.2) is 35.6 Å².